The van der Waals surface area contributed by atoms with Crippen molar-refractivity contribution in [3.63, 3.8) is 0 Å². The molecule has 0 saturated heterocycles. The molecule has 0 aliphatic carbocycles. The molecule has 0 aromatic rings. The van der Waals surface area contributed by atoms with Gasteiger partial charge in [-0.1, -0.05) is 0 Å². The minimum absolute atomic E-state index is 0. The Morgan fingerprint density at radius 3 is 1.00 bits per heavy atom. The van der Waals surface area contributed by atoms with E-state index in [2.05, 4.69) is 0 Å². The zero-order valence-corrected chi connectivity index (χ0v) is 6.10. The fourth-order valence-electron chi connectivity index (χ4n) is 0. The van der Waals surface area contributed by atoms with Crippen LogP contribution in [0.25, 0.3) is 0 Å². The molecule has 0 heterocycles. The van der Waals surface area contributed by atoms with Gasteiger partial charge < -0.3 is 0 Å². The van der Waals surface area contributed by atoms with E-state index in [0.29, 0.717) is 0 Å². The predicted octanol–water partition coefficient (Wildman–Crippen LogP) is -3.56. The zero-order valence-electron chi connectivity index (χ0n) is 1.26. The third-order valence-electron chi connectivity index (χ3n) is 0. The summed E-state index contributed by atoms with van der Waals surface area (Å²) in [6.07, 6.45) is 0. The van der Waals surface area contributed by atoms with E-state index < -0.39 is 0 Å². The molecule has 0 aliphatic heterocycles. The molecule has 0 fully saturated rings. The molecular weight excluding hydrogens is 278 g/mol. The van der Waals surface area contributed by atoms with Crippen molar-refractivity contribution in [1.29, 1.82) is 0 Å². The summed E-state index contributed by atoms with van der Waals surface area (Å²) in [5.74, 6) is 0. The Morgan fingerprint density at radius 2 is 1.00 bits per heavy atom. The first-order chi connectivity index (χ1) is 0. The Labute approximate surface area is 110 Å². The Balaban J connectivity index is 0. The van der Waals surface area contributed by atoms with Crippen LogP contribution >= 0.6 is 0 Å². The summed E-state index contributed by atoms with van der Waals surface area (Å²) < 4.78 is 0. The van der Waals surface area contributed by atoms with Gasteiger partial charge in [0.15, 0.2) is 17.4 Å². The maximum Gasteiger partial charge on any atom is 0.316 e. The van der Waals surface area contributed by atoms with Gasteiger partial charge >= 0.3 is 23.1 Å². The third kappa shape index (κ3) is 26.0. The minimum Gasteiger partial charge on any atom is -0.0149 e. The summed E-state index contributed by atoms with van der Waals surface area (Å²) in [7, 11) is 0. The van der Waals surface area contributed by atoms with Gasteiger partial charge in [0.25, 0.3) is 0 Å². The van der Waals surface area contributed by atoms with Gasteiger partial charge in [-0.25, -0.2) is 0 Å². The molecule has 0 unspecified atom stereocenters. The van der Waals surface area contributed by atoms with Crippen molar-refractivity contribution in [3.8, 4) is 0 Å². The molecule has 0 nitrogen and oxygen atoms in total. The summed E-state index contributed by atoms with van der Waals surface area (Å²) in [6.45, 7) is 0. The molecule has 0 spiro atoms. The molecular formula is H9AlCrFeMgSiZr. The van der Waals surface area contributed by atoms with E-state index in [-0.39, 0.29) is 112 Å². The Kier molecular flexibility index (Phi) is 372. The van der Waals surface area contributed by atoms with Crippen molar-refractivity contribution < 1.29 is 60.6 Å². The number of hydrogen-bond donors (Lipinski definition) is 0. The van der Waals surface area contributed by atoms with Crippen LogP contribution in [0.1, 0.15) is 0 Å². The standard InChI is InChI=1S/Al.Cr.Fe.Mg.H4Si.Zr.5H/h;;;;1H4;;;;;;. The molecule has 0 bridgehead atoms. The maximum atomic E-state index is 0. The van der Waals surface area contributed by atoms with Crippen LogP contribution in [0.5, 0.6) is 0 Å². The van der Waals surface area contributed by atoms with Crippen LogP contribution in [0.3, 0.4) is 0 Å². The van der Waals surface area contributed by atoms with Gasteiger partial charge in [0.05, 0.1) is 0 Å². The fourth-order valence-corrected chi connectivity index (χ4v) is 0. The second-order valence-electron chi connectivity index (χ2n) is 0. The van der Waals surface area contributed by atoms with Gasteiger partial charge in [-0.2, -0.15) is 0 Å². The van der Waals surface area contributed by atoms with Crippen LogP contribution in [0.4, 0.5) is 0 Å². The molecule has 0 radical (unpaired) electrons. The molecule has 0 aliphatic rings. The normalized spacial score (nSPS) is 0. The summed E-state index contributed by atoms with van der Waals surface area (Å²) in [5.41, 5.74) is 0. The van der Waals surface area contributed by atoms with Crippen molar-refractivity contribution in [2.45, 2.75) is 0 Å². The SMILES string of the molecule is [AlH3].[Cr].[Fe].[MgH2].[SiH4].[Zr]. The Hall–Kier alpha value is 3.45. The Morgan fingerprint density at radius 1 is 1.00 bits per heavy atom. The average molecular weight is 288 g/mol. The van der Waals surface area contributed by atoms with Crippen molar-refractivity contribution in [1.82, 2.24) is 0 Å². The second kappa shape index (κ2) is 39.4. The average Bonchev–Trinajstić information content (AvgIpc) is 0. The molecule has 0 aromatic heterocycles. The molecule has 0 aromatic carbocycles. The van der Waals surface area contributed by atoms with E-state index in [0.717, 1.165) is 0 Å². The van der Waals surface area contributed by atoms with E-state index >= 15 is 0 Å². The molecule has 0 amide bonds. The molecule has 0 N–H and O–H groups in total. The minimum atomic E-state index is 0. The number of hydrogen-bond acceptors (Lipinski definition) is 0. The van der Waals surface area contributed by atoms with Gasteiger partial charge in [-0.05, 0) is 11.0 Å². The molecule has 0 rings (SSSR count). The van der Waals surface area contributed by atoms with Crippen LogP contribution in [-0.2, 0) is 60.6 Å². The van der Waals surface area contributed by atoms with E-state index in [1.54, 1.807) is 0 Å². The summed E-state index contributed by atoms with van der Waals surface area (Å²) in [5, 5.41) is 0. The molecule has 6 heteroatoms. The van der Waals surface area contributed by atoms with Crippen molar-refractivity contribution in [2.24, 2.45) is 0 Å². The fraction of sp³-hybridized carbons (Fsp3) is 0. The van der Waals surface area contributed by atoms with E-state index in [1.807, 2.05) is 0 Å². The molecule has 36 valence electrons. The summed E-state index contributed by atoms with van der Waals surface area (Å²) in [4.78, 5) is 0. The van der Waals surface area contributed by atoms with Crippen LogP contribution in [0, 0.1) is 0 Å². The first-order valence-corrected chi connectivity index (χ1v) is 0. The Bertz CT molecular complexity index is 15.5. The van der Waals surface area contributed by atoms with Gasteiger partial charge in [0, 0.05) is 60.6 Å². The van der Waals surface area contributed by atoms with Crippen molar-refractivity contribution >= 4 is 51.4 Å². The topological polar surface area (TPSA) is 0 Å². The summed E-state index contributed by atoms with van der Waals surface area (Å²) in [6, 6.07) is 0. The predicted molar refractivity (Wildman–Crippen MR) is 29.8 cm³/mol. The largest absolute Gasteiger partial charge is 0.316 e. The van der Waals surface area contributed by atoms with Gasteiger partial charge in [-0.15, -0.1) is 0 Å². The van der Waals surface area contributed by atoms with Crippen LogP contribution in [-0.4, -0.2) is 51.4 Å². The van der Waals surface area contributed by atoms with E-state index in [1.165, 1.54) is 0 Å². The van der Waals surface area contributed by atoms with Gasteiger partial charge in [-0.3, -0.25) is 0 Å². The van der Waals surface area contributed by atoms with Gasteiger partial charge in [0.2, 0.25) is 0 Å². The van der Waals surface area contributed by atoms with Crippen LogP contribution < -0.4 is 0 Å². The first kappa shape index (κ1) is 56.7. The van der Waals surface area contributed by atoms with E-state index in [4.69, 9.17) is 0 Å². The second-order valence-corrected chi connectivity index (χ2v) is 0. The smallest absolute Gasteiger partial charge is 0.0149 e. The summed E-state index contributed by atoms with van der Waals surface area (Å²) >= 11 is 0. The van der Waals surface area contributed by atoms with E-state index in [9.17, 15) is 0 Å². The maximum absolute atomic E-state index is 0. The molecule has 0 saturated carbocycles. The molecule has 0 atom stereocenters. The van der Waals surface area contributed by atoms with Gasteiger partial charge in [0.1, 0.15) is 0 Å². The van der Waals surface area contributed by atoms with Crippen molar-refractivity contribution in [3.05, 3.63) is 0 Å². The zero-order chi connectivity index (χ0) is 0. The quantitative estimate of drug-likeness (QED) is 0.405. The first-order valence-electron chi connectivity index (χ1n) is 0. The van der Waals surface area contributed by atoms with Crippen LogP contribution in [0.2, 0.25) is 0 Å². The third-order valence-corrected chi connectivity index (χ3v) is 0. The van der Waals surface area contributed by atoms with Crippen LogP contribution in [0.15, 0.2) is 0 Å². The monoisotopic (exact) mass is 286 g/mol. The van der Waals surface area contributed by atoms with Crippen molar-refractivity contribution in [2.75, 3.05) is 0 Å². The number of rotatable bonds is 0. The molecule has 6 heavy (non-hydrogen) atoms.